The normalized spacial score (nSPS) is 19.2. The molecule has 1 aliphatic heterocycles. The second-order valence-corrected chi connectivity index (χ2v) is 6.14. The maximum absolute atomic E-state index is 12.6. The SMILES string of the molecule is C[C@@H]1[C@@H](OC(=O)c2ccc([N+](=O)[O-])cc2)CCN1C(=O)c1ccccc1. The molecule has 1 heterocycles. The number of carbonyl (C=O) groups is 2. The van der Waals surface area contributed by atoms with Crippen LogP contribution in [0.15, 0.2) is 54.6 Å². The van der Waals surface area contributed by atoms with Gasteiger partial charge in [0.15, 0.2) is 0 Å². The summed E-state index contributed by atoms with van der Waals surface area (Å²) < 4.78 is 5.52. The molecule has 26 heavy (non-hydrogen) atoms. The van der Waals surface area contributed by atoms with Crippen molar-refractivity contribution in [3.05, 3.63) is 75.8 Å². The number of non-ortho nitro benzene ring substituents is 1. The molecule has 0 saturated carbocycles. The van der Waals surface area contributed by atoms with E-state index in [9.17, 15) is 19.7 Å². The molecule has 134 valence electrons. The van der Waals surface area contributed by atoms with Crippen LogP contribution in [0.2, 0.25) is 0 Å². The number of nitro groups is 1. The summed E-state index contributed by atoms with van der Waals surface area (Å²) >= 11 is 0. The third-order valence-electron chi connectivity index (χ3n) is 4.54. The molecule has 7 heteroatoms. The van der Waals surface area contributed by atoms with Gasteiger partial charge in [-0.3, -0.25) is 14.9 Å². The summed E-state index contributed by atoms with van der Waals surface area (Å²) in [6, 6.07) is 14.0. The van der Waals surface area contributed by atoms with E-state index in [1.165, 1.54) is 24.3 Å². The van der Waals surface area contributed by atoms with Crippen LogP contribution in [0.4, 0.5) is 5.69 Å². The van der Waals surface area contributed by atoms with Crippen molar-refractivity contribution in [3.63, 3.8) is 0 Å². The smallest absolute Gasteiger partial charge is 0.338 e. The summed E-state index contributed by atoms with van der Waals surface area (Å²) in [6.45, 7) is 2.36. The molecule has 1 amide bonds. The van der Waals surface area contributed by atoms with Crippen molar-refractivity contribution in [2.45, 2.75) is 25.5 Å². The molecule has 1 saturated heterocycles. The van der Waals surface area contributed by atoms with E-state index in [1.807, 2.05) is 13.0 Å². The largest absolute Gasteiger partial charge is 0.457 e. The Hall–Kier alpha value is -3.22. The highest BCUT2D eigenvalue weighted by Gasteiger charge is 2.36. The average molecular weight is 354 g/mol. The third-order valence-corrected chi connectivity index (χ3v) is 4.54. The van der Waals surface area contributed by atoms with E-state index in [0.29, 0.717) is 18.5 Å². The van der Waals surface area contributed by atoms with Crippen LogP contribution in [0, 0.1) is 10.1 Å². The van der Waals surface area contributed by atoms with E-state index < -0.39 is 17.0 Å². The number of nitro benzene ring substituents is 1. The van der Waals surface area contributed by atoms with Crippen molar-refractivity contribution in [1.82, 2.24) is 4.90 Å². The summed E-state index contributed by atoms with van der Waals surface area (Å²) in [5.41, 5.74) is 0.757. The minimum absolute atomic E-state index is 0.0876. The lowest BCUT2D eigenvalue weighted by Gasteiger charge is -2.24. The van der Waals surface area contributed by atoms with Crippen molar-refractivity contribution in [2.24, 2.45) is 0 Å². The number of hydrogen-bond acceptors (Lipinski definition) is 5. The van der Waals surface area contributed by atoms with Crippen LogP contribution >= 0.6 is 0 Å². The van der Waals surface area contributed by atoms with E-state index in [-0.39, 0.29) is 23.2 Å². The molecule has 3 rings (SSSR count). The number of rotatable bonds is 4. The molecule has 0 aromatic heterocycles. The lowest BCUT2D eigenvalue weighted by Crippen LogP contribution is -2.38. The van der Waals surface area contributed by atoms with Gasteiger partial charge in [0.05, 0.1) is 16.5 Å². The van der Waals surface area contributed by atoms with Crippen molar-refractivity contribution >= 4 is 17.6 Å². The number of carbonyl (C=O) groups excluding carboxylic acids is 2. The molecular weight excluding hydrogens is 336 g/mol. The van der Waals surface area contributed by atoms with Crippen molar-refractivity contribution in [1.29, 1.82) is 0 Å². The quantitative estimate of drug-likeness (QED) is 0.478. The fourth-order valence-electron chi connectivity index (χ4n) is 3.03. The molecule has 2 aromatic rings. The van der Waals surface area contributed by atoms with Gasteiger partial charge < -0.3 is 9.64 Å². The zero-order valence-electron chi connectivity index (χ0n) is 14.2. The van der Waals surface area contributed by atoms with Gasteiger partial charge in [-0.25, -0.2) is 4.79 Å². The van der Waals surface area contributed by atoms with Crippen molar-refractivity contribution in [2.75, 3.05) is 6.54 Å². The Bertz CT molecular complexity index is 820. The Morgan fingerprint density at radius 1 is 1.08 bits per heavy atom. The standard InChI is InChI=1S/C19H18N2O5/c1-13-17(11-12-20(13)18(22)14-5-3-2-4-6-14)26-19(23)15-7-9-16(10-8-15)21(24)25/h2-10,13,17H,11-12H2,1H3/t13-,17+/m1/s1. The summed E-state index contributed by atoms with van der Waals surface area (Å²) in [5, 5.41) is 10.7. The van der Waals surface area contributed by atoms with Gasteiger partial charge in [-0.2, -0.15) is 0 Å². The topological polar surface area (TPSA) is 89.8 Å². The first-order valence-corrected chi connectivity index (χ1v) is 8.29. The van der Waals surface area contributed by atoms with Crippen LogP contribution in [-0.2, 0) is 4.74 Å². The maximum atomic E-state index is 12.6. The molecule has 2 atom stereocenters. The molecule has 2 aromatic carbocycles. The van der Waals surface area contributed by atoms with Gasteiger partial charge in [-0.1, -0.05) is 18.2 Å². The average Bonchev–Trinajstić information content (AvgIpc) is 3.02. The molecular formula is C19H18N2O5. The molecule has 1 fully saturated rings. The molecule has 7 nitrogen and oxygen atoms in total. The van der Waals surface area contributed by atoms with Crippen LogP contribution in [0.5, 0.6) is 0 Å². The van der Waals surface area contributed by atoms with Gasteiger partial charge >= 0.3 is 5.97 Å². The number of esters is 1. The van der Waals surface area contributed by atoms with Gasteiger partial charge in [-0.15, -0.1) is 0 Å². The minimum Gasteiger partial charge on any atom is -0.457 e. The highest BCUT2D eigenvalue weighted by atomic mass is 16.6. The van der Waals surface area contributed by atoms with Crippen LogP contribution in [0.3, 0.4) is 0 Å². The first kappa shape index (κ1) is 17.6. The summed E-state index contributed by atoms with van der Waals surface area (Å²) in [6.07, 6.45) is 0.142. The molecule has 0 aliphatic carbocycles. The summed E-state index contributed by atoms with van der Waals surface area (Å²) in [5.74, 6) is -0.641. The first-order valence-electron chi connectivity index (χ1n) is 8.29. The number of benzene rings is 2. The van der Waals surface area contributed by atoms with E-state index in [1.54, 1.807) is 29.2 Å². The minimum atomic E-state index is -0.550. The number of amides is 1. The number of likely N-dealkylation sites (tertiary alicyclic amines) is 1. The van der Waals surface area contributed by atoms with Gasteiger partial charge in [0.25, 0.3) is 11.6 Å². The molecule has 0 N–H and O–H groups in total. The predicted octanol–water partition coefficient (Wildman–Crippen LogP) is 3.05. The highest BCUT2D eigenvalue weighted by Crippen LogP contribution is 2.24. The zero-order valence-corrected chi connectivity index (χ0v) is 14.2. The fraction of sp³-hybridized carbons (Fsp3) is 0.263. The monoisotopic (exact) mass is 354 g/mol. The number of hydrogen-bond donors (Lipinski definition) is 0. The highest BCUT2D eigenvalue weighted by molar-refractivity contribution is 5.94. The lowest BCUT2D eigenvalue weighted by atomic mass is 10.1. The number of nitrogens with zero attached hydrogens (tertiary/aromatic N) is 2. The van der Waals surface area contributed by atoms with E-state index in [0.717, 1.165) is 0 Å². The zero-order chi connectivity index (χ0) is 18.7. The summed E-state index contributed by atoms with van der Waals surface area (Å²) in [7, 11) is 0. The molecule has 0 bridgehead atoms. The van der Waals surface area contributed by atoms with Crippen molar-refractivity contribution < 1.29 is 19.2 Å². The molecule has 0 radical (unpaired) electrons. The first-order chi connectivity index (χ1) is 12.5. The Kier molecular flexibility index (Phi) is 4.97. The summed E-state index contributed by atoms with van der Waals surface area (Å²) in [4.78, 5) is 36.7. The lowest BCUT2D eigenvalue weighted by molar-refractivity contribution is -0.384. The van der Waals surface area contributed by atoms with Gasteiger partial charge in [0.2, 0.25) is 0 Å². The van der Waals surface area contributed by atoms with E-state index >= 15 is 0 Å². The predicted molar refractivity (Wildman–Crippen MR) is 93.9 cm³/mol. The Labute approximate surface area is 150 Å². The van der Waals surface area contributed by atoms with Gasteiger partial charge in [0.1, 0.15) is 6.10 Å². The number of ether oxygens (including phenoxy) is 1. The Balaban J connectivity index is 1.65. The molecule has 0 spiro atoms. The van der Waals surface area contributed by atoms with Crippen LogP contribution in [0.25, 0.3) is 0 Å². The van der Waals surface area contributed by atoms with Crippen LogP contribution < -0.4 is 0 Å². The van der Waals surface area contributed by atoms with E-state index in [4.69, 9.17) is 4.74 Å². The second kappa shape index (κ2) is 7.35. The molecule has 1 aliphatic rings. The van der Waals surface area contributed by atoms with Crippen LogP contribution in [0.1, 0.15) is 34.1 Å². The fourth-order valence-corrected chi connectivity index (χ4v) is 3.03. The Morgan fingerprint density at radius 3 is 2.35 bits per heavy atom. The van der Waals surface area contributed by atoms with Gasteiger partial charge in [0, 0.05) is 30.7 Å². The third kappa shape index (κ3) is 3.56. The van der Waals surface area contributed by atoms with E-state index in [2.05, 4.69) is 0 Å². The van der Waals surface area contributed by atoms with Gasteiger partial charge in [-0.05, 0) is 31.2 Å². The van der Waals surface area contributed by atoms with Crippen LogP contribution in [-0.4, -0.2) is 40.4 Å². The Morgan fingerprint density at radius 2 is 1.73 bits per heavy atom. The second-order valence-electron chi connectivity index (χ2n) is 6.14. The maximum Gasteiger partial charge on any atom is 0.338 e. The molecule has 0 unspecified atom stereocenters. The van der Waals surface area contributed by atoms with Crippen molar-refractivity contribution in [3.8, 4) is 0 Å².